The minimum absolute atomic E-state index is 0.332. The molecule has 1 N–H and O–H groups in total. The van der Waals surface area contributed by atoms with Crippen molar-refractivity contribution >= 4 is 23.6 Å². The third-order valence-corrected chi connectivity index (χ3v) is 12.7. The molecule has 0 radical (unpaired) electrons. The fourth-order valence-electron chi connectivity index (χ4n) is 4.78. The summed E-state index contributed by atoms with van der Waals surface area (Å²) in [6, 6.07) is 10.8. The fourth-order valence-corrected chi connectivity index (χ4v) is 9.96. The Balaban J connectivity index is 2.96. The lowest BCUT2D eigenvalue weighted by Crippen LogP contribution is -2.47. The van der Waals surface area contributed by atoms with E-state index in [-0.39, 0.29) is 0 Å². The van der Waals surface area contributed by atoms with E-state index >= 15 is 0 Å². The summed E-state index contributed by atoms with van der Waals surface area (Å²) in [6.45, 7) is 17.0. The molecule has 1 aromatic rings. The van der Waals surface area contributed by atoms with E-state index in [2.05, 4.69) is 4.90 Å². The SMILES string of the molecule is CCO[Si](CCCN(CCC[Si](OCC)(OCC)OCC)CC(CCOc1ccccc1)C(=O)O)(OCC)OCC. The van der Waals surface area contributed by atoms with Crippen LogP contribution in [0, 0.1) is 5.92 Å². The molecule has 0 saturated carbocycles. The van der Waals surface area contributed by atoms with E-state index in [0.29, 0.717) is 84.4 Å². The Labute approximate surface area is 250 Å². The lowest BCUT2D eigenvalue weighted by Gasteiger charge is -2.31. The lowest BCUT2D eigenvalue weighted by atomic mass is 10.1. The van der Waals surface area contributed by atoms with E-state index in [0.717, 1.165) is 18.6 Å². The maximum absolute atomic E-state index is 12.3. The van der Waals surface area contributed by atoms with Gasteiger partial charge in [0.15, 0.2) is 0 Å². The maximum atomic E-state index is 12.3. The number of carboxylic acids is 1. The highest BCUT2D eigenvalue weighted by Gasteiger charge is 2.41. The van der Waals surface area contributed by atoms with Gasteiger partial charge in [0.1, 0.15) is 5.75 Å². The van der Waals surface area contributed by atoms with Gasteiger partial charge in [-0.3, -0.25) is 4.79 Å². The van der Waals surface area contributed by atoms with Crippen molar-refractivity contribution in [2.75, 3.05) is 65.9 Å². The van der Waals surface area contributed by atoms with Crippen LogP contribution in [0.1, 0.15) is 60.8 Å². The number of hydrogen-bond donors (Lipinski definition) is 1. The van der Waals surface area contributed by atoms with Crippen molar-refractivity contribution in [1.82, 2.24) is 4.90 Å². The third-order valence-electron chi connectivity index (χ3n) is 6.41. The van der Waals surface area contributed by atoms with E-state index in [1.165, 1.54) is 0 Å². The van der Waals surface area contributed by atoms with Gasteiger partial charge in [0, 0.05) is 58.3 Å². The first-order chi connectivity index (χ1) is 19.8. The summed E-state index contributed by atoms with van der Waals surface area (Å²) in [5.41, 5.74) is 0. The van der Waals surface area contributed by atoms with E-state index in [1.807, 2.05) is 71.9 Å². The van der Waals surface area contributed by atoms with Gasteiger partial charge in [-0.2, -0.15) is 0 Å². The number of nitrogens with zero attached hydrogens (tertiary/aromatic N) is 1. The molecule has 1 aromatic carbocycles. The van der Waals surface area contributed by atoms with Gasteiger partial charge in [0.2, 0.25) is 0 Å². The summed E-state index contributed by atoms with van der Waals surface area (Å²) in [5, 5.41) is 10.1. The van der Waals surface area contributed by atoms with Crippen molar-refractivity contribution in [2.24, 2.45) is 5.92 Å². The molecule has 0 fully saturated rings. The van der Waals surface area contributed by atoms with Crippen molar-refractivity contribution in [3.63, 3.8) is 0 Å². The molecular weight excluding hydrogens is 562 g/mol. The molecule has 0 heterocycles. The minimum Gasteiger partial charge on any atom is -0.494 e. The average molecular weight is 618 g/mol. The maximum Gasteiger partial charge on any atom is 0.500 e. The third kappa shape index (κ3) is 15.1. The topological polar surface area (TPSA) is 105 Å². The summed E-state index contributed by atoms with van der Waals surface area (Å²) in [7, 11) is -5.58. The quantitative estimate of drug-likeness (QED) is 0.130. The van der Waals surface area contributed by atoms with Crippen LogP contribution in [-0.2, 0) is 31.4 Å². The molecule has 0 bridgehead atoms. The molecule has 41 heavy (non-hydrogen) atoms. The Morgan fingerprint density at radius 1 is 0.732 bits per heavy atom. The first kappa shape index (κ1) is 37.7. The summed E-state index contributed by atoms with van der Waals surface area (Å²) in [6.07, 6.45) is 1.94. The average Bonchev–Trinajstić information content (AvgIpc) is 2.93. The molecule has 0 saturated heterocycles. The van der Waals surface area contributed by atoms with Crippen molar-refractivity contribution in [2.45, 2.75) is 72.9 Å². The molecular formula is C29H55NO9Si2. The number of carbonyl (C=O) groups is 1. The Hall–Kier alpha value is -1.36. The second-order valence-corrected chi connectivity index (χ2v) is 14.9. The molecule has 0 aliphatic rings. The van der Waals surface area contributed by atoms with Crippen LogP contribution < -0.4 is 4.74 Å². The standard InChI is InChI=1S/C29H55NO9Si2/c1-7-34-40(35-8-2,36-9-3)24-16-21-30(22-17-25-41(37-10-4,38-11-5)39-12-6)26-27(29(31)32)20-23-33-28-18-14-13-15-19-28/h13-15,18-19,27H,7-12,16-17,20-26H2,1-6H3,(H,31,32). The molecule has 0 aromatic heterocycles. The predicted molar refractivity (Wildman–Crippen MR) is 164 cm³/mol. The Bertz CT molecular complexity index is 725. The van der Waals surface area contributed by atoms with E-state index in [9.17, 15) is 9.90 Å². The van der Waals surface area contributed by atoms with Crippen LogP contribution in [0.5, 0.6) is 5.75 Å². The molecule has 1 rings (SSSR count). The van der Waals surface area contributed by atoms with Crippen molar-refractivity contribution < 1.29 is 41.2 Å². The van der Waals surface area contributed by atoms with Crippen LogP contribution in [0.3, 0.4) is 0 Å². The predicted octanol–water partition coefficient (Wildman–Crippen LogP) is 5.34. The highest BCUT2D eigenvalue weighted by molar-refractivity contribution is 6.61. The molecule has 0 spiro atoms. The van der Waals surface area contributed by atoms with Crippen LogP contribution >= 0.6 is 0 Å². The van der Waals surface area contributed by atoms with Gasteiger partial charge in [-0.25, -0.2) is 0 Å². The molecule has 10 nitrogen and oxygen atoms in total. The number of rotatable bonds is 27. The van der Waals surface area contributed by atoms with Crippen molar-refractivity contribution in [3.8, 4) is 5.75 Å². The molecule has 238 valence electrons. The first-order valence-corrected chi connectivity index (χ1v) is 19.2. The van der Waals surface area contributed by atoms with Gasteiger partial charge in [0.25, 0.3) is 0 Å². The molecule has 0 amide bonds. The van der Waals surface area contributed by atoms with Crippen LogP contribution in [-0.4, -0.2) is 99.5 Å². The Kier molecular flexibility index (Phi) is 20.4. The smallest absolute Gasteiger partial charge is 0.494 e. The highest BCUT2D eigenvalue weighted by atomic mass is 28.4. The largest absolute Gasteiger partial charge is 0.500 e. The van der Waals surface area contributed by atoms with Gasteiger partial charge < -0.3 is 41.3 Å². The molecule has 1 atom stereocenters. The summed E-state index contributed by atoms with van der Waals surface area (Å²) >= 11 is 0. The number of aliphatic carboxylic acids is 1. The number of carboxylic acid groups (broad SMARTS) is 1. The van der Waals surface area contributed by atoms with E-state index < -0.39 is 29.5 Å². The summed E-state index contributed by atoms with van der Waals surface area (Å²) in [5.74, 6) is -0.657. The fraction of sp³-hybridized carbons (Fsp3) is 0.759. The number of benzene rings is 1. The van der Waals surface area contributed by atoms with E-state index in [1.54, 1.807) is 0 Å². The van der Waals surface area contributed by atoms with Crippen LogP contribution in [0.2, 0.25) is 12.1 Å². The second kappa shape index (κ2) is 22.2. The molecule has 0 aliphatic carbocycles. The number of para-hydroxylation sites is 1. The highest BCUT2D eigenvalue weighted by Crippen LogP contribution is 2.22. The van der Waals surface area contributed by atoms with Crippen molar-refractivity contribution in [1.29, 1.82) is 0 Å². The van der Waals surface area contributed by atoms with E-state index in [4.69, 9.17) is 31.3 Å². The van der Waals surface area contributed by atoms with Crippen LogP contribution in [0.4, 0.5) is 0 Å². The monoisotopic (exact) mass is 617 g/mol. The minimum atomic E-state index is -2.79. The summed E-state index contributed by atoms with van der Waals surface area (Å²) in [4.78, 5) is 14.5. The van der Waals surface area contributed by atoms with Gasteiger partial charge in [-0.05, 0) is 86.0 Å². The molecule has 0 aliphatic heterocycles. The lowest BCUT2D eigenvalue weighted by molar-refractivity contribution is -0.143. The van der Waals surface area contributed by atoms with Crippen LogP contribution in [0.15, 0.2) is 30.3 Å². The zero-order chi connectivity index (χ0) is 30.4. The number of ether oxygens (including phenoxy) is 1. The van der Waals surface area contributed by atoms with Gasteiger partial charge in [-0.1, -0.05) is 18.2 Å². The zero-order valence-corrected chi connectivity index (χ0v) is 28.2. The van der Waals surface area contributed by atoms with Gasteiger partial charge in [0.05, 0.1) is 12.5 Å². The number of hydrogen-bond acceptors (Lipinski definition) is 9. The Morgan fingerprint density at radius 2 is 1.15 bits per heavy atom. The second-order valence-electron chi connectivity index (χ2n) is 9.46. The van der Waals surface area contributed by atoms with Gasteiger partial charge in [-0.15, -0.1) is 0 Å². The molecule has 12 heteroatoms. The molecule has 1 unspecified atom stereocenters. The first-order valence-electron chi connectivity index (χ1n) is 15.3. The normalized spacial score (nSPS) is 13.0. The zero-order valence-electron chi connectivity index (χ0n) is 26.2. The van der Waals surface area contributed by atoms with Crippen LogP contribution in [0.25, 0.3) is 0 Å². The summed E-state index contributed by atoms with van der Waals surface area (Å²) < 4.78 is 42.0. The Morgan fingerprint density at radius 3 is 1.51 bits per heavy atom. The van der Waals surface area contributed by atoms with Gasteiger partial charge >= 0.3 is 23.6 Å². The van der Waals surface area contributed by atoms with Crippen molar-refractivity contribution in [3.05, 3.63) is 30.3 Å².